The molecule has 346 valence electrons. The highest BCUT2D eigenvalue weighted by Gasteiger charge is 2.44. The van der Waals surface area contributed by atoms with E-state index in [1.54, 1.807) is 0 Å². The normalized spacial score (nSPS) is 20.4. The van der Waals surface area contributed by atoms with Crippen LogP contribution in [0.2, 0.25) is 0 Å². The topological polar surface area (TPSA) is 152 Å². The van der Waals surface area contributed by atoms with Crippen LogP contribution in [0.15, 0.2) is 60.8 Å². The fraction of sp³-hybridized carbons (Fsp3) is 0.760. The van der Waals surface area contributed by atoms with Gasteiger partial charge < -0.3 is 39.4 Å². The number of ether oxygens (including phenoxy) is 4. The molecule has 4 N–H and O–H groups in total. The van der Waals surface area contributed by atoms with Crippen LogP contribution >= 0.6 is 0 Å². The van der Waals surface area contributed by atoms with E-state index in [0.717, 1.165) is 51.4 Å². The van der Waals surface area contributed by atoms with Crippen LogP contribution in [-0.2, 0) is 28.5 Å². The molecule has 0 saturated carbocycles. The summed E-state index contributed by atoms with van der Waals surface area (Å²) in [6.07, 6.45) is 42.3. The van der Waals surface area contributed by atoms with Crippen molar-refractivity contribution in [3.63, 3.8) is 0 Å². The van der Waals surface area contributed by atoms with Gasteiger partial charge >= 0.3 is 11.9 Å². The highest BCUT2D eigenvalue weighted by molar-refractivity contribution is 5.70. The molecule has 0 bridgehead atoms. The zero-order valence-corrected chi connectivity index (χ0v) is 37.7. The number of aliphatic hydroxyl groups is 4. The maximum Gasteiger partial charge on any atom is 0.306 e. The smallest absolute Gasteiger partial charge is 0.306 e. The lowest BCUT2D eigenvalue weighted by molar-refractivity contribution is -0.305. The van der Waals surface area contributed by atoms with E-state index in [2.05, 4.69) is 68.5 Å². The van der Waals surface area contributed by atoms with E-state index in [0.29, 0.717) is 12.8 Å². The summed E-state index contributed by atoms with van der Waals surface area (Å²) in [5.74, 6) is -0.872. The van der Waals surface area contributed by atoms with Crippen molar-refractivity contribution in [2.24, 2.45) is 0 Å². The number of hydrogen-bond acceptors (Lipinski definition) is 10. The summed E-state index contributed by atoms with van der Waals surface area (Å²) in [6.45, 7) is 3.26. The van der Waals surface area contributed by atoms with Gasteiger partial charge in [0.1, 0.15) is 31.0 Å². The van der Waals surface area contributed by atoms with Crippen molar-refractivity contribution < 1.29 is 49.0 Å². The Morgan fingerprint density at radius 2 is 0.983 bits per heavy atom. The van der Waals surface area contributed by atoms with Gasteiger partial charge in [0, 0.05) is 12.8 Å². The molecule has 0 aliphatic carbocycles. The molecule has 0 aromatic rings. The molecule has 60 heavy (non-hydrogen) atoms. The second-order valence-corrected chi connectivity index (χ2v) is 16.2. The van der Waals surface area contributed by atoms with Crippen molar-refractivity contribution in [3.05, 3.63) is 60.8 Å². The molecule has 0 aromatic carbocycles. The molecule has 1 fully saturated rings. The third kappa shape index (κ3) is 31.3. The Morgan fingerprint density at radius 3 is 1.47 bits per heavy atom. The predicted molar refractivity (Wildman–Crippen MR) is 242 cm³/mol. The summed E-state index contributed by atoms with van der Waals surface area (Å²) < 4.78 is 22.1. The van der Waals surface area contributed by atoms with Crippen LogP contribution in [0.4, 0.5) is 0 Å². The third-order valence-corrected chi connectivity index (χ3v) is 10.7. The fourth-order valence-corrected chi connectivity index (χ4v) is 6.93. The molecular weight excluding hydrogens is 761 g/mol. The quantitative estimate of drug-likeness (QED) is 0.0267. The first-order valence-electron chi connectivity index (χ1n) is 23.9. The first kappa shape index (κ1) is 55.4. The molecule has 1 saturated heterocycles. The largest absolute Gasteiger partial charge is 0.462 e. The number of rotatable bonds is 39. The number of aliphatic hydroxyl groups excluding tert-OH is 4. The first-order chi connectivity index (χ1) is 29.3. The van der Waals surface area contributed by atoms with Crippen molar-refractivity contribution >= 4 is 11.9 Å². The Morgan fingerprint density at radius 1 is 0.533 bits per heavy atom. The number of carbonyl (C=O) groups excluding carboxylic acids is 2. The fourth-order valence-electron chi connectivity index (χ4n) is 6.93. The summed E-state index contributed by atoms with van der Waals surface area (Å²) >= 11 is 0. The molecular formula is C50H86O10. The van der Waals surface area contributed by atoms with E-state index >= 15 is 0 Å². The number of unbranched alkanes of at least 4 members (excludes halogenated alkanes) is 18. The average molecular weight is 847 g/mol. The van der Waals surface area contributed by atoms with E-state index in [4.69, 9.17) is 18.9 Å². The molecule has 0 spiro atoms. The Hall–Kier alpha value is -2.60. The summed E-state index contributed by atoms with van der Waals surface area (Å²) in [6, 6.07) is 0. The van der Waals surface area contributed by atoms with Crippen molar-refractivity contribution in [1.29, 1.82) is 0 Å². The number of carbonyl (C=O) groups is 2. The molecule has 1 heterocycles. The highest BCUT2D eigenvalue weighted by atomic mass is 16.7. The van der Waals surface area contributed by atoms with E-state index < -0.39 is 55.4 Å². The Kier molecular flexibility index (Phi) is 37.4. The minimum absolute atomic E-state index is 0.151. The maximum atomic E-state index is 12.8. The minimum Gasteiger partial charge on any atom is -0.462 e. The Labute approximate surface area is 364 Å². The monoisotopic (exact) mass is 847 g/mol. The van der Waals surface area contributed by atoms with E-state index in [9.17, 15) is 30.0 Å². The van der Waals surface area contributed by atoms with Crippen molar-refractivity contribution in [2.45, 2.75) is 224 Å². The Bertz CT molecular complexity index is 1160. The van der Waals surface area contributed by atoms with Gasteiger partial charge in [0.05, 0.1) is 13.2 Å². The summed E-state index contributed by atoms with van der Waals surface area (Å²) in [5, 5.41) is 40.1. The van der Waals surface area contributed by atoms with Gasteiger partial charge in [0.25, 0.3) is 0 Å². The minimum atomic E-state index is -1.61. The van der Waals surface area contributed by atoms with Gasteiger partial charge in [-0.2, -0.15) is 0 Å². The van der Waals surface area contributed by atoms with E-state index in [1.165, 1.54) is 96.3 Å². The van der Waals surface area contributed by atoms with Crippen molar-refractivity contribution in [1.82, 2.24) is 0 Å². The maximum absolute atomic E-state index is 12.8. The Balaban J connectivity index is 2.34. The molecule has 0 amide bonds. The van der Waals surface area contributed by atoms with Gasteiger partial charge in [-0.15, -0.1) is 0 Å². The number of allylic oxidation sites excluding steroid dienone is 10. The lowest BCUT2D eigenvalue weighted by Crippen LogP contribution is -2.59. The molecule has 1 aliphatic rings. The van der Waals surface area contributed by atoms with Gasteiger partial charge in [0.15, 0.2) is 12.4 Å². The van der Waals surface area contributed by atoms with Crippen molar-refractivity contribution in [2.75, 3.05) is 19.8 Å². The molecule has 0 aromatic heterocycles. The van der Waals surface area contributed by atoms with E-state index in [1.807, 2.05) is 6.08 Å². The number of esters is 2. The second-order valence-electron chi connectivity index (χ2n) is 16.2. The van der Waals surface area contributed by atoms with Gasteiger partial charge in [0.2, 0.25) is 0 Å². The molecule has 0 radical (unpaired) electrons. The molecule has 6 atom stereocenters. The number of hydrogen-bond donors (Lipinski definition) is 4. The first-order valence-corrected chi connectivity index (χ1v) is 23.9. The van der Waals surface area contributed by atoms with Crippen molar-refractivity contribution in [3.8, 4) is 0 Å². The van der Waals surface area contributed by atoms with Crippen LogP contribution in [0.3, 0.4) is 0 Å². The van der Waals surface area contributed by atoms with Crippen LogP contribution in [-0.4, -0.2) is 89.0 Å². The SMILES string of the molecule is CC/C=C/C/C=C/C/C=C/C/C=C/C/C=C/CCCC(=O)O[C@@H](COC(=O)CCCCCCCCCCCCCCCCCCCC)CO[C@H]1O[C@@H](CO)[C@@H](O)C(O)C1O. The average Bonchev–Trinajstić information content (AvgIpc) is 3.25. The predicted octanol–water partition coefficient (Wildman–Crippen LogP) is 10.6. The van der Waals surface area contributed by atoms with Crippen LogP contribution in [0.25, 0.3) is 0 Å². The van der Waals surface area contributed by atoms with Gasteiger partial charge in [-0.3, -0.25) is 9.59 Å². The van der Waals surface area contributed by atoms with Gasteiger partial charge in [-0.05, 0) is 51.4 Å². The van der Waals surface area contributed by atoms with E-state index in [-0.39, 0.29) is 26.1 Å². The molecule has 1 rings (SSSR count). The highest BCUT2D eigenvalue weighted by Crippen LogP contribution is 2.23. The lowest BCUT2D eigenvalue weighted by atomic mass is 9.99. The zero-order valence-electron chi connectivity index (χ0n) is 37.7. The van der Waals surface area contributed by atoms with Crippen LogP contribution in [0.1, 0.15) is 187 Å². The molecule has 2 unspecified atom stereocenters. The zero-order chi connectivity index (χ0) is 43.7. The molecule has 10 nitrogen and oxygen atoms in total. The summed E-state index contributed by atoms with van der Waals surface area (Å²) in [5.41, 5.74) is 0. The molecule has 1 aliphatic heterocycles. The van der Waals surface area contributed by atoms with Gasteiger partial charge in [-0.1, -0.05) is 184 Å². The second kappa shape index (κ2) is 40.5. The van der Waals surface area contributed by atoms with Crippen LogP contribution in [0, 0.1) is 0 Å². The van der Waals surface area contributed by atoms with Crippen LogP contribution in [0.5, 0.6) is 0 Å². The van der Waals surface area contributed by atoms with Crippen LogP contribution < -0.4 is 0 Å². The summed E-state index contributed by atoms with van der Waals surface area (Å²) in [4.78, 5) is 25.4. The molecule has 10 heteroatoms. The van der Waals surface area contributed by atoms with Gasteiger partial charge in [-0.25, -0.2) is 0 Å². The third-order valence-electron chi connectivity index (χ3n) is 10.7. The standard InChI is InChI=1S/C50H86O10/c1-3-5-7-9-11-13-15-17-19-21-23-24-26-28-30-32-34-36-38-45(52)57-41-43(42-58-50-49(56)48(55)47(54)44(40-51)60-50)59-46(53)39-37-35-33-31-29-27-25-22-20-18-16-14-12-10-8-6-4-2/h6,8,12,14,18,20,25,27,31,33,43-44,47-51,54-56H,3-5,7,9-11,13,15-17,19,21-24,26,28-30,32,34-42H2,1-2H3/b8-6+,14-12+,20-18+,27-25+,33-31+/t43-,44-,47+,48?,49?,50-/m0/s1. The lowest BCUT2D eigenvalue weighted by Gasteiger charge is -2.39. The summed E-state index contributed by atoms with van der Waals surface area (Å²) in [7, 11) is 0.